The van der Waals surface area contributed by atoms with Crippen molar-refractivity contribution in [2.24, 2.45) is 0 Å². The summed E-state index contributed by atoms with van der Waals surface area (Å²) >= 11 is 6.02. The van der Waals surface area contributed by atoms with Gasteiger partial charge in [-0.1, -0.05) is 29.3 Å². The molecular weight excluding hydrogens is 416 g/mol. The van der Waals surface area contributed by atoms with E-state index in [2.05, 4.69) is 10.3 Å². The van der Waals surface area contributed by atoms with Gasteiger partial charge in [0.2, 0.25) is 0 Å². The second-order valence-electron chi connectivity index (χ2n) is 7.60. The highest BCUT2D eigenvalue weighted by atomic mass is 35.5. The molecule has 7 nitrogen and oxygen atoms in total. The zero-order chi connectivity index (χ0) is 21.8. The molecule has 29 heavy (non-hydrogen) atoms. The Hall–Kier alpha value is -2.16. The number of carbonyl (C=O) groups is 1. The van der Waals surface area contributed by atoms with Gasteiger partial charge in [0.15, 0.2) is 0 Å². The van der Waals surface area contributed by atoms with Gasteiger partial charge in [0.1, 0.15) is 5.60 Å². The van der Waals surface area contributed by atoms with Crippen molar-refractivity contribution >= 4 is 27.8 Å². The summed E-state index contributed by atoms with van der Waals surface area (Å²) in [6.07, 6.45) is 0.809. The van der Waals surface area contributed by atoms with Crippen LogP contribution in [0.2, 0.25) is 5.02 Å². The van der Waals surface area contributed by atoms with Crippen LogP contribution in [0, 0.1) is 6.92 Å². The number of carbonyl (C=O) groups excluding carboxylic acids is 1. The van der Waals surface area contributed by atoms with Gasteiger partial charge in [-0.2, -0.15) is 8.42 Å². The molecule has 0 radical (unpaired) electrons. The molecule has 9 heteroatoms. The number of benzene rings is 1. The molecule has 0 fully saturated rings. The highest BCUT2D eigenvalue weighted by molar-refractivity contribution is 7.86. The Morgan fingerprint density at radius 1 is 1.24 bits per heavy atom. The van der Waals surface area contributed by atoms with Crippen molar-refractivity contribution in [3.8, 4) is 0 Å². The molecule has 2 rings (SSSR count). The lowest BCUT2D eigenvalue weighted by Crippen LogP contribution is -2.34. The number of hydrogen-bond acceptors (Lipinski definition) is 6. The minimum Gasteiger partial charge on any atom is -0.444 e. The first-order valence-electron chi connectivity index (χ1n) is 8.97. The van der Waals surface area contributed by atoms with E-state index >= 15 is 0 Å². The second kappa shape index (κ2) is 9.11. The van der Waals surface area contributed by atoms with Crippen LogP contribution < -0.4 is 5.32 Å². The Balaban J connectivity index is 2.17. The Morgan fingerprint density at radius 2 is 1.86 bits per heavy atom. The molecule has 1 aromatic carbocycles. The van der Waals surface area contributed by atoms with E-state index in [1.54, 1.807) is 45.9 Å². The monoisotopic (exact) mass is 440 g/mol. The summed E-state index contributed by atoms with van der Waals surface area (Å²) in [6, 6.07) is 7.35. The molecule has 0 bridgehead atoms. The molecule has 0 aliphatic heterocycles. The highest BCUT2D eigenvalue weighted by Gasteiger charge is 2.22. The van der Waals surface area contributed by atoms with Gasteiger partial charge in [-0.05, 0) is 52.8 Å². The maximum Gasteiger partial charge on any atom is 0.408 e. The molecule has 0 aliphatic rings. The van der Waals surface area contributed by atoms with Crippen LogP contribution in [-0.2, 0) is 25.6 Å². The molecule has 1 atom stereocenters. The normalized spacial score (nSPS) is 13.0. The van der Waals surface area contributed by atoms with Crippen LogP contribution in [0.3, 0.4) is 0 Å². The quantitative estimate of drug-likeness (QED) is 0.663. The van der Waals surface area contributed by atoms with Crippen molar-refractivity contribution in [2.75, 3.05) is 0 Å². The minimum absolute atomic E-state index is 0.0552. The van der Waals surface area contributed by atoms with Crippen molar-refractivity contribution in [1.82, 2.24) is 10.3 Å². The number of amides is 1. The molecule has 0 saturated carbocycles. The minimum atomic E-state index is -3.96. The summed E-state index contributed by atoms with van der Waals surface area (Å²) in [6.45, 7) is 8.56. The van der Waals surface area contributed by atoms with Gasteiger partial charge in [-0.15, -0.1) is 0 Å². The third kappa shape index (κ3) is 6.99. The number of ether oxygens (including phenoxy) is 1. The number of aryl methyl sites for hydroxylation is 1. The van der Waals surface area contributed by atoms with E-state index in [9.17, 15) is 13.2 Å². The molecule has 0 saturated heterocycles. The lowest BCUT2D eigenvalue weighted by molar-refractivity contribution is 0.0506. The maximum absolute atomic E-state index is 12.5. The number of halogens is 1. The van der Waals surface area contributed by atoms with E-state index in [1.165, 1.54) is 18.3 Å². The van der Waals surface area contributed by atoms with Crippen molar-refractivity contribution in [3.05, 3.63) is 58.4 Å². The van der Waals surface area contributed by atoms with Gasteiger partial charge < -0.3 is 10.1 Å². The van der Waals surface area contributed by atoms with E-state index < -0.39 is 27.9 Å². The second-order valence-corrected chi connectivity index (χ2v) is 9.65. The molecular formula is C20H25ClN2O5S. The molecule has 1 unspecified atom stereocenters. The number of rotatable bonds is 6. The Bertz CT molecular complexity index is 969. The summed E-state index contributed by atoms with van der Waals surface area (Å²) in [5.41, 5.74) is 1.16. The Labute approximate surface area is 176 Å². The molecule has 0 spiro atoms. The molecule has 1 N–H and O–H groups in total. The van der Waals surface area contributed by atoms with Crippen LogP contribution in [-0.4, -0.2) is 25.1 Å². The summed E-state index contributed by atoms with van der Waals surface area (Å²) in [5, 5.41) is 3.00. The lowest BCUT2D eigenvalue weighted by Gasteiger charge is -2.22. The highest BCUT2D eigenvalue weighted by Crippen LogP contribution is 2.23. The first-order valence-corrected chi connectivity index (χ1v) is 10.8. The third-order valence-electron chi connectivity index (χ3n) is 3.79. The Kier molecular flexibility index (Phi) is 7.26. The van der Waals surface area contributed by atoms with Crippen molar-refractivity contribution in [2.45, 2.75) is 57.8 Å². The predicted molar refractivity (Wildman–Crippen MR) is 110 cm³/mol. The SMILES string of the molecule is Cc1ccc(S(=O)(=O)OCc2cc(Cl)cnc2C(C)NC(=O)OC(C)(C)C)cc1. The molecule has 2 aromatic rings. The lowest BCUT2D eigenvalue weighted by atomic mass is 10.1. The predicted octanol–water partition coefficient (Wildman–Crippen LogP) is 4.53. The summed E-state index contributed by atoms with van der Waals surface area (Å²) in [5.74, 6) is 0. The molecule has 1 amide bonds. The van der Waals surface area contributed by atoms with Crippen LogP contribution in [0.25, 0.3) is 0 Å². The number of aromatic nitrogens is 1. The van der Waals surface area contributed by atoms with E-state index in [1.807, 2.05) is 6.92 Å². The zero-order valence-corrected chi connectivity index (χ0v) is 18.6. The van der Waals surface area contributed by atoms with E-state index in [4.69, 9.17) is 20.5 Å². The first kappa shape index (κ1) is 23.1. The average Bonchev–Trinajstić information content (AvgIpc) is 2.58. The van der Waals surface area contributed by atoms with Crippen LogP contribution >= 0.6 is 11.6 Å². The summed E-state index contributed by atoms with van der Waals surface area (Å²) in [7, 11) is -3.96. The first-order chi connectivity index (χ1) is 13.4. The third-order valence-corrected chi connectivity index (χ3v) is 5.28. The van der Waals surface area contributed by atoms with E-state index in [0.717, 1.165) is 5.56 Å². The number of alkyl carbamates (subject to hydrolysis) is 1. The number of hydrogen-bond donors (Lipinski definition) is 1. The summed E-state index contributed by atoms with van der Waals surface area (Å²) < 4.78 is 35.4. The molecule has 0 aliphatic carbocycles. The van der Waals surface area contributed by atoms with E-state index in [0.29, 0.717) is 16.3 Å². The standard InChI is InChI=1S/C20H25ClN2O5S/c1-13-6-8-17(9-7-13)29(25,26)27-12-15-10-16(21)11-22-18(15)14(2)23-19(24)28-20(3,4)5/h6-11,14H,12H2,1-5H3,(H,23,24). The fraction of sp³-hybridized carbons (Fsp3) is 0.400. The van der Waals surface area contributed by atoms with Gasteiger partial charge in [0.05, 0.1) is 28.3 Å². The van der Waals surface area contributed by atoms with Gasteiger partial charge in [0, 0.05) is 11.8 Å². The Morgan fingerprint density at radius 3 is 2.45 bits per heavy atom. The van der Waals surface area contributed by atoms with Gasteiger partial charge in [0.25, 0.3) is 10.1 Å². The van der Waals surface area contributed by atoms with Gasteiger partial charge >= 0.3 is 6.09 Å². The van der Waals surface area contributed by atoms with E-state index in [-0.39, 0.29) is 11.5 Å². The van der Waals surface area contributed by atoms with Crippen LogP contribution in [0.15, 0.2) is 41.4 Å². The van der Waals surface area contributed by atoms with Gasteiger partial charge in [-0.25, -0.2) is 4.79 Å². The van der Waals surface area contributed by atoms with Gasteiger partial charge in [-0.3, -0.25) is 9.17 Å². The van der Waals surface area contributed by atoms with Crippen molar-refractivity contribution in [1.29, 1.82) is 0 Å². The number of pyridine rings is 1. The molecule has 158 valence electrons. The largest absolute Gasteiger partial charge is 0.444 e. The summed E-state index contributed by atoms with van der Waals surface area (Å²) in [4.78, 5) is 16.3. The van der Waals surface area contributed by atoms with Crippen molar-refractivity contribution in [3.63, 3.8) is 0 Å². The topological polar surface area (TPSA) is 94.6 Å². The fourth-order valence-electron chi connectivity index (χ4n) is 2.46. The average molecular weight is 441 g/mol. The van der Waals surface area contributed by atoms with Crippen LogP contribution in [0.5, 0.6) is 0 Å². The van der Waals surface area contributed by atoms with Crippen LogP contribution in [0.4, 0.5) is 4.79 Å². The molecule has 1 heterocycles. The fourth-order valence-corrected chi connectivity index (χ4v) is 3.53. The van der Waals surface area contributed by atoms with Crippen molar-refractivity contribution < 1.29 is 22.1 Å². The molecule has 1 aromatic heterocycles. The zero-order valence-electron chi connectivity index (χ0n) is 17.0. The smallest absolute Gasteiger partial charge is 0.408 e. The maximum atomic E-state index is 12.5. The number of nitrogens with one attached hydrogen (secondary N) is 1. The van der Waals surface area contributed by atoms with Crippen LogP contribution in [0.1, 0.15) is 50.6 Å². The number of nitrogens with zero attached hydrogens (tertiary/aromatic N) is 1.